The smallest absolute Gasteiger partial charge is 0.262 e. The highest BCUT2D eigenvalue weighted by molar-refractivity contribution is 6.30. The van der Waals surface area contributed by atoms with E-state index < -0.39 is 0 Å². The molecule has 0 spiro atoms. The van der Waals surface area contributed by atoms with E-state index in [0.29, 0.717) is 37.6 Å². The monoisotopic (exact) mass is 485 g/mol. The Balaban J connectivity index is 1.53. The molecular weight excluding hydrogens is 454 g/mol. The van der Waals surface area contributed by atoms with Crippen molar-refractivity contribution in [2.45, 2.75) is 25.8 Å². The van der Waals surface area contributed by atoms with Crippen molar-refractivity contribution in [3.05, 3.63) is 58.9 Å². The Morgan fingerprint density at radius 1 is 1.18 bits per heavy atom. The summed E-state index contributed by atoms with van der Waals surface area (Å²) in [5, 5.41) is 6.94. The van der Waals surface area contributed by atoms with E-state index in [1.165, 1.54) is 0 Å². The van der Waals surface area contributed by atoms with Gasteiger partial charge in [-0.15, -0.1) is 0 Å². The van der Waals surface area contributed by atoms with Gasteiger partial charge in [-0.2, -0.15) is 5.10 Å². The number of hydrazone groups is 1. The van der Waals surface area contributed by atoms with Crippen LogP contribution in [0.3, 0.4) is 0 Å². The summed E-state index contributed by atoms with van der Waals surface area (Å²) in [6.07, 6.45) is 2.92. The molecule has 1 aromatic heterocycles. The quantitative estimate of drug-likeness (QED) is 0.576. The Kier molecular flexibility index (Phi) is 8.03. The number of nitrogens with zero attached hydrogens (tertiary/aromatic N) is 5. The SMILES string of the molecule is CCC(=O)N(CCN1CCOCC1)CC(=O)N1N=C(c2cccn2C)C[C@H]1c1ccc(Cl)cc1. The summed E-state index contributed by atoms with van der Waals surface area (Å²) in [4.78, 5) is 30.1. The number of carbonyl (C=O) groups excluding carboxylic acids is 2. The zero-order chi connectivity index (χ0) is 24.1. The number of aryl methyl sites for hydroxylation is 1. The predicted molar refractivity (Wildman–Crippen MR) is 132 cm³/mol. The van der Waals surface area contributed by atoms with Crippen LogP contribution in [0, 0.1) is 0 Å². The molecule has 34 heavy (non-hydrogen) atoms. The Morgan fingerprint density at radius 3 is 2.56 bits per heavy atom. The predicted octanol–water partition coefficient (Wildman–Crippen LogP) is 2.93. The van der Waals surface area contributed by atoms with Gasteiger partial charge in [-0.05, 0) is 29.8 Å². The van der Waals surface area contributed by atoms with Crippen LogP contribution in [0.2, 0.25) is 5.02 Å². The molecule has 4 rings (SSSR count). The number of carbonyl (C=O) groups is 2. The van der Waals surface area contributed by atoms with Gasteiger partial charge in [-0.1, -0.05) is 30.7 Å². The molecule has 182 valence electrons. The van der Waals surface area contributed by atoms with E-state index in [4.69, 9.17) is 21.4 Å². The molecule has 3 heterocycles. The van der Waals surface area contributed by atoms with Gasteiger partial charge >= 0.3 is 0 Å². The first-order valence-corrected chi connectivity index (χ1v) is 12.2. The van der Waals surface area contributed by atoms with Gasteiger partial charge in [0.1, 0.15) is 6.54 Å². The van der Waals surface area contributed by atoms with Crippen LogP contribution in [0.25, 0.3) is 0 Å². The van der Waals surface area contributed by atoms with Crippen LogP contribution in [-0.2, 0) is 21.4 Å². The van der Waals surface area contributed by atoms with E-state index >= 15 is 0 Å². The second-order valence-electron chi connectivity index (χ2n) is 8.68. The van der Waals surface area contributed by atoms with Crippen molar-refractivity contribution in [1.82, 2.24) is 19.4 Å². The number of halogens is 1. The van der Waals surface area contributed by atoms with E-state index in [1.807, 2.05) is 61.1 Å². The van der Waals surface area contributed by atoms with Gasteiger partial charge in [0.2, 0.25) is 5.91 Å². The molecule has 9 heteroatoms. The summed E-state index contributed by atoms with van der Waals surface area (Å²) in [7, 11) is 1.97. The molecule has 1 aromatic carbocycles. The van der Waals surface area contributed by atoms with Crippen molar-refractivity contribution in [1.29, 1.82) is 0 Å². The number of hydrogen-bond donors (Lipinski definition) is 0. The molecule has 2 aromatic rings. The maximum absolute atomic E-state index is 13.5. The molecule has 0 saturated carbocycles. The zero-order valence-electron chi connectivity index (χ0n) is 19.8. The summed E-state index contributed by atoms with van der Waals surface area (Å²) < 4.78 is 7.41. The third-order valence-corrected chi connectivity index (χ3v) is 6.68. The number of ether oxygens (including phenoxy) is 1. The summed E-state index contributed by atoms with van der Waals surface area (Å²) in [6.45, 7) is 6.15. The lowest BCUT2D eigenvalue weighted by Gasteiger charge is -2.31. The fourth-order valence-electron chi connectivity index (χ4n) is 4.44. The van der Waals surface area contributed by atoms with Gasteiger partial charge in [0.25, 0.3) is 5.91 Å². The van der Waals surface area contributed by atoms with Gasteiger partial charge in [0.05, 0.1) is 30.7 Å². The number of morpholine rings is 1. The largest absolute Gasteiger partial charge is 0.379 e. The highest BCUT2D eigenvalue weighted by Gasteiger charge is 2.35. The first kappa shape index (κ1) is 24.4. The van der Waals surface area contributed by atoms with Gasteiger partial charge in [-0.25, -0.2) is 5.01 Å². The summed E-state index contributed by atoms with van der Waals surface area (Å²) in [5.74, 6) is -0.219. The molecule has 0 radical (unpaired) electrons. The molecule has 1 saturated heterocycles. The van der Waals surface area contributed by atoms with E-state index in [1.54, 1.807) is 9.91 Å². The van der Waals surface area contributed by atoms with Crippen molar-refractivity contribution in [3.63, 3.8) is 0 Å². The summed E-state index contributed by atoms with van der Waals surface area (Å²) in [6, 6.07) is 11.2. The molecule has 0 aliphatic carbocycles. The lowest BCUT2D eigenvalue weighted by atomic mass is 10.0. The minimum Gasteiger partial charge on any atom is -0.379 e. The second-order valence-corrected chi connectivity index (χ2v) is 9.12. The lowest BCUT2D eigenvalue weighted by molar-refractivity contribution is -0.141. The first-order valence-electron chi connectivity index (χ1n) is 11.8. The van der Waals surface area contributed by atoms with E-state index in [2.05, 4.69) is 4.90 Å². The third kappa shape index (κ3) is 5.68. The molecule has 1 atom stereocenters. The van der Waals surface area contributed by atoms with E-state index in [9.17, 15) is 9.59 Å². The summed E-state index contributed by atoms with van der Waals surface area (Å²) >= 11 is 6.10. The summed E-state index contributed by atoms with van der Waals surface area (Å²) in [5.41, 5.74) is 2.79. The Bertz CT molecular complexity index is 1030. The Morgan fingerprint density at radius 2 is 1.91 bits per heavy atom. The van der Waals surface area contributed by atoms with Crippen molar-refractivity contribution in [2.75, 3.05) is 45.9 Å². The molecule has 2 amide bonds. The van der Waals surface area contributed by atoms with Crippen molar-refractivity contribution in [2.24, 2.45) is 12.1 Å². The van der Waals surface area contributed by atoms with Crippen LogP contribution in [0.4, 0.5) is 0 Å². The van der Waals surface area contributed by atoms with Gasteiger partial charge in [0, 0.05) is 57.3 Å². The van der Waals surface area contributed by atoms with E-state index in [0.717, 1.165) is 36.6 Å². The van der Waals surface area contributed by atoms with Crippen LogP contribution in [0.5, 0.6) is 0 Å². The van der Waals surface area contributed by atoms with Crippen LogP contribution in [0.15, 0.2) is 47.7 Å². The standard InChI is InChI=1S/C25H32ClN5O3/c1-3-24(32)30(12-11-29-13-15-34-16-14-29)18-25(33)31-23(19-6-8-20(26)9-7-19)17-21(27-31)22-5-4-10-28(22)2/h4-10,23H,3,11-18H2,1-2H3/t23-/m0/s1. The van der Waals surface area contributed by atoms with Crippen LogP contribution in [-0.4, -0.2) is 82.8 Å². The molecule has 0 N–H and O–H groups in total. The maximum atomic E-state index is 13.5. The van der Waals surface area contributed by atoms with E-state index in [-0.39, 0.29) is 24.4 Å². The molecule has 1 fully saturated rings. The number of aromatic nitrogens is 1. The lowest BCUT2D eigenvalue weighted by Crippen LogP contribution is -2.46. The zero-order valence-corrected chi connectivity index (χ0v) is 20.6. The number of hydrogen-bond acceptors (Lipinski definition) is 5. The van der Waals surface area contributed by atoms with Crippen LogP contribution >= 0.6 is 11.6 Å². The number of amides is 2. The van der Waals surface area contributed by atoms with Gasteiger partial charge < -0.3 is 14.2 Å². The average molecular weight is 486 g/mol. The molecule has 0 unspecified atom stereocenters. The van der Waals surface area contributed by atoms with Crippen molar-refractivity contribution < 1.29 is 14.3 Å². The minimum atomic E-state index is -0.243. The van der Waals surface area contributed by atoms with Crippen molar-refractivity contribution in [3.8, 4) is 0 Å². The molecule has 2 aliphatic heterocycles. The minimum absolute atomic E-state index is 0.00498. The molecule has 8 nitrogen and oxygen atoms in total. The maximum Gasteiger partial charge on any atom is 0.262 e. The Labute approximate surface area is 205 Å². The Hall–Kier alpha value is -2.68. The fraction of sp³-hybridized carbons (Fsp3) is 0.480. The second kappa shape index (κ2) is 11.2. The molecule has 0 bridgehead atoms. The third-order valence-electron chi connectivity index (χ3n) is 6.43. The van der Waals surface area contributed by atoms with Crippen LogP contribution < -0.4 is 0 Å². The van der Waals surface area contributed by atoms with Gasteiger partial charge in [-0.3, -0.25) is 14.5 Å². The fourth-order valence-corrected chi connectivity index (χ4v) is 4.56. The number of rotatable bonds is 8. The average Bonchev–Trinajstić information content (AvgIpc) is 3.48. The molecule has 2 aliphatic rings. The normalized spacial score (nSPS) is 18.7. The first-order chi connectivity index (χ1) is 16.5. The van der Waals surface area contributed by atoms with Gasteiger partial charge in [0.15, 0.2) is 0 Å². The number of benzene rings is 1. The topological polar surface area (TPSA) is 70.4 Å². The van der Waals surface area contributed by atoms with Crippen LogP contribution in [0.1, 0.15) is 37.1 Å². The highest BCUT2D eigenvalue weighted by Crippen LogP contribution is 2.33. The highest BCUT2D eigenvalue weighted by atomic mass is 35.5. The molecular formula is C25H32ClN5O3. The van der Waals surface area contributed by atoms with Crippen molar-refractivity contribution >= 4 is 29.1 Å².